The summed E-state index contributed by atoms with van der Waals surface area (Å²) in [6.45, 7) is 14.1. The highest BCUT2D eigenvalue weighted by atomic mass is 31.2. The summed E-state index contributed by atoms with van der Waals surface area (Å²) in [5.41, 5.74) is 0. The molecule has 0 rings (SSSR count). The molecule has 0 saturated heterocycles. The van der Waals surface area contributed by atoms with Gasteiger partial charge in [0.15, 0.2) is 12.2 Å². The highest BCUT2D eigenvalue weighted by Gasteiger charge is 2.30. The van der Waals surface area contributed by atoms with Gasteiger partial charge in [0, 0.05) is 25.7 Å². The summed E-state index contributed by atoms with van der Waals surface area (Å²) in [7, 11) is -9.91. The largest absolute Gasteiger partial charge is 0.472 e. The predicted octanol–water partition coefficient (Wildman–Crippen LogP) is 21.7. The monoisotopic (exact) mass is 1380 g/mol. The van der Waals surface area contributed by atoms with E-state index in [-0.39, 0.29) is 25.7 Å². The number of aliphatic hydroxyl groups excluding tert-OH is 1. The highest BCUT2D eigenvalue weighted by molar-refractivity contribution is 7.47. The van der Waals surface area contributed by atoms with E-state index >= 15 is 0 Å². The quantitative estimate of drug-likeness (QED) is 0.0222. The van der Waals surface area contributed by atoms with Gasteiger partial charge in [-0.1, -0.05) is 325 Å². The molecule has 0 aliphatic heterocycles. The number of ether oxygens (including phenoxy) is 4. The van der Waals surface area contributed by atoms with Crippen LogP contribution < -0.4 is 0 Å². The van der Waals surface area contributed by atoms with Crippen molar-refractivity contribution in [2.45, 2.75) is 395 Å². The predicted molar refractivity (Wildman–Crippen MR) is 381 cm³/mol. The molecule has 0 saturated carbocycles. The van der Waals surface area contributed by atoms with Crippen molar-refractivity contribution in [2.24, 2.45) is 23.7 Å². The van der Waals surface area contributed by atoms with E-state index in [0.717, 1.165) is 115 Å². The van der Waals surface area contributed by atoms with Crippen molar-refractivity contribution in [3.05, 3.63) is 0 Å². The van der Waals surface area contributed by atoms with Crippen LogP contribution >= 0.6 is 15.6 Å². The Morgan fingerprint density at radius 2 is 0.447 bits per heavy atom. The van der Waals surface area contributed by atoms with E-state index in [9.17, 15) is 43.2 Å². The van der Waals surface area contributed by atoms with Gasteiger partial charge in [-0.05, 0) is 49.4 Å². The van der Waals surface area contributed by atoms with Crippen molar-refractivity contribution in [2.75, 3.05) is 39.6 Å². The van der Waals surface area contributed by atoms with Crippen molar-refractivity contribution in [1.29, 1.82) is 0 Å². The lowest BCUT2D eigenvalue weighted by atomic mass is 10.0. The third-order valence-electron chi connectivity index (χ3n) is 17.3. The SMILES string of the molecule is CC(C)CCCCCCCCCCCCCCCCCCC(=O)O[C@H](COC(=O)CCCCCCCCCC(C)C)COP(=O)(O)OCC(O)COP(=O)(O)OC[C@@H](COC(=O)CCCCCCCCC(C)C)OC(=O)CCCCCCCCCCCCCCCC(C)C. The molecule has 0 amide bonds. The second kappa shape index (κ2) is 64.4. The number of rotatable bonds is 72. The molecule has 0 bridgehead atoms. The standard InChI is InChI=1S/C75H146O17P2/c1-65(2)51-43-35-27-22-18-14-11-9-10-12-16-20-24-30-41-49-57-74(79)91-70(61-85-72(77)55-47-39-32-26-29-37-45-53-67(5)6)63-89-93(81,82)87-59-69(76)60-88-94(83,84)90-64-71(62-86-73(78)56-48-40-34-33-38-46-54-68(7)8)92-75(80)58-50-42-31-25-21-17-13-15-19-23-28-36-44-52-66(3)4/h65-71,76H,9-64H2,1-8H3,(H,81,82)(H,83,84)/t69?,70-,71-/m1/s1. The molecule has 0 heterocycles. The van der Waals surface area contributed by atoms with Gasteiger partial charge in [0.25, 0.3) is 0 Å². The zero-order valence-electron chi connectivity index (χ0n) is 61.6. The number of unbranched alkanes of at least 4 members (excludes halogenated alkanes) is 38. The van der Waals surface area contributed by atoms with E-state index in [0.29, 0.717) is 37.5 Å². The number of hydrogen-bond acceptors (Lipinski definition) is 15. The minimum absolute atomic E-state index is 0.106. The Bertz CT molecular complexity index is 1850. The third kappa shape index (κ3) is 68.6. The van der Waals surface area contributed by atoms with Crippen molar-refractivity contribution >= 4 is 39.5 Å². The summed E-state index contributed by atoms with van der Waals surface area (Å²) < 4.78 is 68.4. The average molecular weight is 1380 g/mol. The number of phosphoric acid groups is 2. The molecule has 0 aromatic carbocycles. The Balaban J connectivity index is 5.19. The van der Waals surface area contributed by atoms with E-state index in [1.807, 2.05) is 0 Å². The molecule has 94 heavy (non-hydrogen) atoms. The van der Waals surface area contributed by atoms with Crippen LogP contribution in [0.15, 0.2) is 0 Å². The smallest absolute Gasteiger partial charge is 0.462 e. The third-order valence-corrected chi connectivity index (χ3v) is 19.2. The van der Waals surface area contributed by atoms with Gasteiger partial charge in [-0.25, -0.2) is 9.13 Å². The first-order valence-electron chi connectivity index (χ1n) is 38.7. The van der Waals surface area contributed by atoms with Gasteiger partial charge in [0.05, 0.1) is 26.4 Å². The fourth-order valence-electron chi connectivity index (χ4n) is 11.4. The summed E-state index contributed by atoms with van der Waals surface area (Å²) >= 11 is 0. The number of aliphatic hydroxyl groups is 1. The van der Waals surface area contributed by atoms with Crippen LogP contribution in [0.3, 0.4) is 0 Å². The summed E-state index contributed by atoms with van der Waals surface area (Å²) in [5, 5.41) is 10.6. The van der Waals surface area contributed by atoms with E-state index < -0.39 is 97.5 Å². The lowest BCUT2D eigenvalue weighted by molar-refractivity contribution is -0.161. The van der Waals surface area contributed by atoms with E-state index in [2.05, 4.69) is 55.4 Å². The van der Waals surface area contributed by atoms with Crippen LogP contribution in [0.25, 0.3) is 0 Å². The maximum atomic E-state index is 13.1. The summed E-state index contributed by atoms with van der Waals surface area (Å²) in [6.07, 6.45) is 48.9. The van der Waals surface area contributed by atoms with Crippen molar-refractivity contribution < 1.29 is 80.2 Å². The van der Waals surface area contributed by atoms with Gasteiger partial charge >= 0.3 is 39.5 Å². The molecule has 0 aromatic rings. The number of carbonyl (C=O) groups is 4. The molecule has 5 atom stereocenters. The van der Waals surface area contributed by atoms with Gasteiger partial charge in [-0.3, -0.25) is 37.3 Å². The first-order valence-corrected chi connectivity index (χ1v) is 41.7. The molecule has 3 N–H and O–H groups in total. The van der Waals surface area contributed by atoms with Crippen LogP contribution in [0.2, 0.25) is 0 Å². The Morgan fingerprint density at radius 1 is 0.266 bits per heavy atom. The fraction of sp³-hybridized carbons (Fsp3) is 0.947. The molecule has 3 unspecified atom stereocenters. The molecule has 17 nitrogen and oxygen atoms in total. The number of phosphoric ester groups is 2. The Kier molecular flexibility index (Phi) is 63.1. The summed E-state index contributed by atoms with van der Waals surface area (Å²) in [6, 6.07) is 0. The minimum atomic E-state index is -4.96. The van der Waals surface area contributed by atoms with Gasteiger partial charge < -0.3 is 33.8 Å². The molecular formula is C75H146O17P2. The first kappa shape index (κ1) is 92.1. The number of carbonyl (C=O) groups excluding carboxylic acids is 4. The molecule has 0 fully saturated rings. The molecular weight excluding hydrogens is 1230 g/mol. The number of hydrogen-bond donors (Lipinski definition) is 3. The molecule has 0 aliphatic rings. The zero-order chi connectivity index (χ0) is 69.6. The maximum Gasteiger partial charge on any atom is 0.472 e. The Morgan fingerprint density at radius 3 is 0.660 bits per heavy atom. The lowest BCUT2D eigenvalue weighted by Crippen LogP contribution is -2.30. The van der Waals surface area contributed by atoms with E-state index in [4.69, 9.17) is 37.0 Å². The van der Waals surface area contributed by atoms with Crippen LogP contribution in [0.4, 0.5) is 0 Å². The minimum Gasteiger partial charge on any atom is -0.462 e. The van der Waals surface area contributed by atoms with E-state index in [1.165, 1.54) is 167 Å². The first-order chi connectivity index (χ1) is 45.1. The van der Waals surface area contributed by atoms with Gasteiger partial charge in [0.2, 0.25) is 0 Å². The molecule has 0 spiro atoms. The Hall–Kier alpha value is -1.94. The van der Waals surface area contributed by atoms with E-state index in [1.54, 1.807) is 0 Å². The molecule has 0 radical (unpaired) electrons. The van der Waals surface area contributed by atoms with Gasteiger partial charge in [-0.15, -0.1) is 0 Å². The van der Waals surface area contributed by atoms with Crippen LogP contribution in [-0.4, -0.2) is 96.7 Å². The van der Waals surface area contributed by atoms with Crippen LogP contribution in [0, 0.1) is 23.7 Å². The molecule has 0 aliphatic carbocycles. The average Bonchev–Trinajstić information content (AvgIpc) is 3.67. The van der Waals surface area contributed by atoms with Crippen molar-refractivity contribution in [3.63, 3.8) is 0 Å². The van der Waals surface area contributed by atoms with Gasteiger partial charge in [-0.2, -0.15) is 0 Å². The van der Waals surface area contributed by atoms with Crippen LogP contribution in [0.1, 0.15) is 376 Å². The fourth-order valence-corrected chi connectivity index (χ4v) is 13.0. The number of esters is 4. The second-order valence-electron chi connectivity index (χ2n) is 28.9. The molecule has 558 valence electrons. The second-order valence-corrected chi connectivity index (χ2v) is 31.9. The van der Waals surface area contributed by atoms with Crippen molar-refractivity contribution in [3.8, 4) is 0 Å². The van der Waals surface area contributed by atoms with Gasteiger partial charge in [0.1, 0.15) is 19.3 Å². The van der Waals surface area contributed by atoms with Crippen LogP contribution in [0.5, 0.6) is 0 Å². The normalized spacial score (nSPS) is 14.2. The lowest BCUT2D eigenvalue weighted by Gasteiger charge is -2.21. The maximum absolute atomic E-state index is 13.1. The van der Waals surface area contributed by atoms with Crippen LogP contribution in [-0.2, 0) is 65.4 Å². The highest BCUT2D eigenvalue weighted by Crippen LogP contribution is 2.45. The summed E-state index contributed by atoms with van der Waals surface area (Å²) in [5.74, 6) is 0.855. The van der Waals surface area contributed by atoms with Crippen molar-refractivity contribution in [1.82, 2.24) is 0 Å². The Labute approximate surface area is 575 Å². The molecule has 0 aromatic heterocycles. The molecule has 19 heteroatoms. The zero-order valence-corrected chi connectivity index (χ0v) is 63.4. The summed E-state index contributed by atoms with van der Waals surface area (Å²) in [4.78, 5) is 72.7. The topological polar surface area (TPSA) is 237 Å².